The van der Waals surface area contributed by atoms with E-state index in [-0.39, 0.29) is 34.5 Å². The Balaban J connectivity index is 1.39. The van der Waals surface area contributed by atoms with Gasteiger partial charge in [0.25, 0.3) is 5.91 Å². The maximum absolute atomic E-state index is 14.5. The predicted octanol–water partition coefficient (Wildman–Crippen LogP) is 4.36. The van der Waals surface area contributed by atoms with Gasteiger partial charge in [0, 0.05) is 43.9 Å². The molecule has 0 bridgehead atoms. The zero-order valence-electron chi connectivity index (χ0n) is 20.0. The molecule has 3 aliphatic heterocycles. The second-order valence-electron chi connectivity index (χ2n) is 9.55. The van der Waals surface area contributed by atoms with Crippen molar-refractivity contribution in [3.05, 3.63) is 75.1 Å². The van der Waals surface area contributed by atoms with Crippen LogP contribution in [0.15, 0.2) is 41.0 Å². The summed E-state index contributed by atoms with van der Waals surface area (Å²) in [5.74, 6) is -1.91. The number of amides is 1. The first-order chi connectivity index (χ1) is 17.2. The van der Waals surface area contributed by atoms with Crippen molar-refractivity contribution in [2.75, 3.05) is 20.1 Å². The van der Waals surface area contributed by atoms with Crippen LogP contribution in [-0.2, 0) is 6.42 Å². The SMILES string of the molecule is C[C@@H]1C2NN(C)C(c3cc(F)cc(F)c3)=C2CCN1C(=O)c1cc(F)cc(CCC2C=NNC2)c1Cl. The van der Waals surface area contributed by atoms with Gasteiger partial charge >= 0.3 is 0 Å². The quantitative estimate of drug-likeness (QED) is 0.619. The van der Waals surface area contributed by atoms with Gasteiger partial charge in [-0.2, -0.15) is 5.10 Å². The van der Waals surface area contributed by atoms with E-state index in [1.54, 1.807) is 17.0 Å². The van der Waals surface area contributed by atoms with Crippen LogP contribution >= 0.6 is 11.6 Å². The number of halogens is 4. The van der Waals surface area contributed by atoms with Crippen molar-refractivity contribution < 1.29 is 18.0 Å². The Bertz CT molecular complexity index is 1250. The van der Waals surface area contributed by atoms with Crippen molar-refractivity contribution in [3.63, 3.8) is 0 Å². The molecule has 0 radical (unpaired) electrons. The van der Waals surface area contributed by atoms with Crippen LogP contribution in [0, 0.1) is 23.4 Å². The fourth-order valence-corrected chi connectivity index (χ4v) is 5.69. The number of fused-ring (bicyclic) bond motifs is 1. The summed E-state index contributed by atoms with van der Waals surface area (Å²) >= 11 is 6.63. The van der Waals surface area contributed by atoms with Crippen LogP contribution in [-0.4, -0.2) is 54.3 Å². The fourth-order valence-electron chi connectivity index (χ4n) is 5.40. The van der Waals surface area contributed by atoms with Gasteiger partial charge in [-0.25, -0.2) is 18.6 Å². The molecule has 3 aliphatic rings. The lowest BCUT2D eigenvalue weighted by atomic mass is 9.89. The number of carbonyl (C=O) groups is 1. The largest absolute Gasteiger partial charge is 0.334 e. The van der Waals surface area contributed by atoms with Crippen LogP contribution in [0.5, 0.6) is 0 Å². The minimum atomic E-state index is -0.649. The molecule has 5 rings (SSSR count). The first-order valence-corrected chi connectivity index (χ1v) is 12.3. The van der Waals surface area contributed by atoms with E-state index in [1.807, 2.05) is 13.1 Å². The Morgan fingerprint density at radius 1 is 1.14 bits per heavy atom. The summed E-state index contributed by atoms with van der Waals surface area (Å²) in [6.07, 6.45) is 3.60. The highest BCUT2D eigenvalue weighted by atomic mass is 35.5. The lowest BCUT2D eigenvalue weighted by Gasteiger charge is -2.39. The highest BCUT2D eigenvalue weighted by Gasteiger charge is 2.41. The number of piperidine rings is 1. The number of rotatable bonds is 5. The molecule has 1 amide bonds. The highest BCUT2D eigenvalue weighted by molar-refractivity contribution is 6.34. The molecule has 0 saturated carbocycles. The summed E-state index contributed by atoms with van der Waals surface area (Å²) in [5.41, 5.74) is 9.06. The predicted molar refractivity (Wildman–Crippen MR) is 133 cm³/mol. The molecule has 2 aromatic carbocycles. The minimum absolute atomic E-state index is 0.142. The number of nitrogens with zero attached hydrogens (tertiary/aromatic N) is 3. The average molecular weight is 518 g/mol. The molecule has 190 valence electrons. The van der Waals surface area contributed by atoms with Gasteiger partial charge in [0.15, 0.2) is 0 Å². The Labute approximate surface area is 212 Å². The summed E-state index contributed by atoms with van der Waals surface area (Å²) in [4.78, 5) is 15.3. The van der Waals surface area contributed by atoms with E-state index in [0.717, 1.165) is 24.6 Å². The molecule has 36 heavy (non-hydrogen) atoms. The second-order valence-corrected chi connectivity index (χ2v) is 9.93. The third kappa shape index (κ3) is 4.57. The number of nitrogens with one attached hydrogen (secondary N) is 2. The maximum Gasteiger partial charge on any atom is 0.255 e. The van der Waals surface area contributed by atoms with E-state index in [9.17, 15) is 18.0 Å². The average Bonchev–Trinajstić information content (AvgIpc) is 3.46. The van der Waals surface area contributed by atoms with Crippen molar-refractivity contribution in [1.82, 2.24) is 20.8 Å². The monoisotopic (exact) mass is 517 g/mol. The van der Waals surface area contributed by atoms with Crippen LogP contribution in [0.3, 0.4) is 0 Å². The van der Waals surface area contributed by atoms with Crippen molar-refractivity contribution in [1.29, 1.82) is 0 Å². The van der Waals surface area contributed by atoms with Crippen LogP contribution in [0.25, 0.3) is 5.70 Å². The number of carbonyl (C=O) groups excluding carboxylic acids is 1. The summed E-state index contributed by atoms with van der Waals surface area (Å²) in [6.45, 7) is 3.00. The van der Waals surface area contributed by atoms with Gasteiger partial charge in [0.2, 0.25) is 0 Å². The standard InChI is InChI=1S/C26H27ClF3N5O/c1-14-24-21(25(34(2)33-24)17-8-18(28)10-19(29)9-17)5-6-35(14)26(36)22-11-20(30)7-16(23(22)27)4-3-15-12-31-32-13-15/h7-12,14-15,24,32-33H,3-6,13H2,1-2H3/t14-,15?,24?/m1/s1. The van der Waals surface area contributed by atoms with Gasteiger partial charge in [-0.1, -0.05) is 11.6 Å². The second kappa shape index (κ2) is 9.78. The third-order valence-corrected chi connectivity index (χ3v) is 7.64. The van der Waals surface area contributed by atoms with Gasteiger partial charge in [0.1, 0.15) is 17.5 Å². The van der Waals surface area contributed by atoms with Crippen molar-refractivity contribution >= 4 is 29.4 Å². The van der Waals surface area contributed by atoms with Crippen LogP contribution in [0.1, 0.15) is 41.3 Å². The number of likely N-dealkylation sites (tertiary alicyclic amines) is 1. The molecule has 6 nitrogen and oxygen atoms in total. The van der Waals surface area contributed by atoms with E-state index in [2.05, 4.69) is 16.0 Å². The smallest absolute Gasteiger partial charge is 0.255 e. The number of aryl methyl sites for hydroxylation is 1. The summed E-state index contributed by atoms with van der Waals surface area (Å²) in [5, 5.41) is 6.02. The Hall–Kier alpha value is -3.04. The molecule has 2 aromatic rings. The van der Waals surface area contributed by atoms with Crippen molar-refractivity contribution in [2.45, 2.75) is 38.3 Å². The van der Waals surface area contributed by atoms with Gasteiger partial charge in [-0.05, 0) is 61.6 Å². The molecule has 0 spiro atoms. The Kier molecular flexibility index (Phi) is 6.70. The molecule has 3 atom stereocenters. The normalized spacial score (nSPS) is 23.3. The molecule has 0 aromatic heterocycles. The van der Waals surface area contributed by atoms with E-state index in [4.69, 9.17) is 11.6 Å². The van der Waals surface area contributed by atoms with Gasteiger partial charge in [-0.15, -0.1) is 0 Å². The summed E-state index contributed by atoms with van der Waals surface area (Å²) in [6, 6.07) is 5.47. The van der Waals surface area contributed by atoms with Gasteiger partial charge < -0.3 is 15.3 Å². The zero-order valence-corrected chi connectivity index (χ0v) is 20.7. The number of benzene rings is 2. The molecular formula is C26H27ClF3N5O. The number of hydrazone groups is 1. The summed E-state index contributed by atoms with van der Waals surface area (Å²) < 4.78 is 42.4. The molecule has 1 saturated heterocycles. The van der Waals surface area contributed by atoms with Gasteiger partial charge in [0.05, 0.1) is 28.4 Å². The first kappa shape index (κ1) is 24.6. The van der Waals surface area contributed by atoms with E-state index in [1.165, 1.54) is 24.3 Å². The molecule has 10 heteroatoms. The molecule has 2 N–H and O–H groups in total. The lowest BCUT2D eigenvalue weighted by Crippen LogP contribution is -2.55. The van der Waals surface area contributed by atoms with Crippen LogP contribution < -0.4 is 10.9 Å². The number of hydrogen-bond donors (Lipinski definition) is 2. The summed E-state index contributed by atoms with van der Waals surface area (Å²) in [7, 11) is 1.78. The topological polar surface area (TPSA) is 60.0 Å². The number of hydrogen-bond acceptors (Lipinski definition) is 5. The van der Waals surface area contributed by atoms with Crippen molar-refractivity contribution in [3.8, 4) is 0 Å². The molecule has 1 fully saturated rings. The van der Waals surface area contributed by atoms with E-state index < -0.39 is 17.5 Å². The Morgan fingerprint density at radius 3 is 2.56 bits per heavy atom. The van der Waals surface area contributed by atoms with Crippen LogP contribution in [0.4, 0.5) is 13.2 Å². The van der Waals surface area contributed by atoms with E-state index in [0.29, 0.717) is 36.2 Å². The highest BCUT2D eigenvalue weighted by Crippen LogP contribution is 2.38. The van der Waals surface area contributed by atoms with E-state index >= 15 is 0 Å². The molecule has 3 heterocycles. The fraction of sp³-hybridized carbons (Fsp3) is 0.385. The molecule has 0 aliphatic carbocycles. The van der Waals surface area contributed by atoms with Crippen LogP contribution in [0.2, 0.25) is 5.02 Å². The van der Waals surface area contributed by atoms with Crippen molar-refractivity contribution in [2.24, 2.45) is 11.0 Å². The molecular weight excluding hydrogens is 491 g/mol. The number of hydrazine groups is 1. The van der Waals surface area contributed by atoms with Gasteiger partial charge in [-0.3, -0.25) is 4.79 Å². The minimum Gasteiger partial charge on any atom is -0.334 e. The lowest BCUT2D eigenvalue weighted by molar-refractivity contribution is 0.0618. The Morgan fingerprint density at radius 2 is 1.86 bits per heavy atom. The third-order valence-electron chi connectivity index (χ3n) is 7.20. The zero-order chi connectivity index (χ0) is 25.6. The molecule has 2 unspecified atom stereocenters. The maximum atomic E-state index is 14.5. The first-order valence-electron chi connectivity index (χ1n) is 12.0.